The quantitative estimate of drug-likeness (QED) is 0.608. The number of hydrogen-bond donors (Lipinski definition) is 1. The van der Waals surface area contributed by atoms with E-state index in [0.717, 1.165) is 0 Å². The van der Waals surface area contributed by atoms with E-state index in [4.69, 9.17) is 0 Å². The molecule has 2 heteroatoms. The first-order valence-electron chi connectivity index (χ1n) is 4.11. The Bertz CT molecular complexity index is 331. The molecule has 0 aliphatic carbocycles. The van der Waals surface area contributed by atoms with E-state index in [0.29, 0.717) is 13.0 Å². The van der Waals surface area contributed by atoms with Crippen LogP contribution in [0, 0.1) is 6.92 Å². The van der Waals surface area contributed by atoms with Crippen molar-refractivity contribution < 1.29 is 4.79 Å². The van der Waals surface area contributed by atoms with E-state index in [1.807, 2.05) is 12.1 Å². The Labute approximate surface area is 71.6 Å². The summed E-state index contributed by atoms with van der Waals surface area (Å²) in [6.45, 7) is 2.77. The Morgan fingerprint density at radius 3 is 3.08 bits per heavy atom. The molecule has 0 bridgehead atoms. The molecule has 1 amide bonds. The predicted molar refractivity (Wildman–Crippen MR) is 46.7 cm³/mol. The number of carbonyl (C=O) groups is 1. The second-order valence-electron chi connectivity index (χ2n) is 3.17. The maximum absolute atomic E-state index is 11.0. The molecule has 0 atom stereocenters. The third-order valence-corrected chi connectivity index (χ3v) is 2.32. The summed E-state index contributed by atoms with van der Waals surface area (Å²) in [6.07, 6.45) is 0.539. The van der Waals surface area contributed by atoms with Crippen LogP contribution >= 0.6 is 0 Å². The first-order chi connectivity index (χ1) is 5.77. The monoisotopic (exact) mass is 161 g/mol. The van der Waals surface area contributed by atoms with Gasteiger partial charge in [-0.3, -0.25) is 4.79 Å². The lowest BCUT2D eigenvalue weighted by Crippen LogP contribution is -2.30. The molecule has 1 aliphatic rings. The minimum absolute atomic E-state index is 0.133. The summed E-state index contributed by atoms with van der Waals surface area (Å²) in [6, 6.07) is 6.12. The zero-order valence-corrected chi connectivity index (χ0v) is 7.05. The van der Waals surface area contributed by atoms with E-state index in [1.165, 1.54) is 16.7 Å². The van der Waals surface area contributed by atoms with Crippen LogP contribution in [0.25, 0.3) is 0 Å². The normalized spacial score (nSPS) is 15.2. The Morgan fingerprint density at radius 2 is 2.25 bits per heavy atom. The number of carbonyl (C=O) groups excluding carboxylic acids is 1. The molecule has 0 radical (unpaired) electrons. The summed E-state index contributed by atoms with van der Waals surface area (Å²) in [4.78, 5) is 11.0. The summed E-state index contributed by atoms with van der Waals surface area (Å²) in [7, 11) is 0. The average molecular weight is 161 g/mol. The molecular weight excluding hydrogens is 150 g/mol. The number of benzene rings is 1. The van der Waals surface area contributed by atoms with E-state index >= 15 is 0 Å². The van der Waals surface area contributed by atoms with E-state index in [9.17, 15) is 4.79 Å². The second kappa shape index (κ2) is 2.63. The predicted octanol–water partition coefficient (Wildman–Crippen LogP) is 1.17. The SMILES string of the molecule is Cc1cccc2c1CNC(=O)C2. The van der Waals surface area contributed by atoms with Gasteiger partial charge in [0.15, 0.2) is 0 Å². The fourth-order valence-corrected chi connectivity index (χ4v) is 1.60. The third kappa shape index (κ3) is 1.09. The molecule has 1 heterocycles. The van der Waals surface area contributed by atoms with Gasteiger partial charge in [-0.1, -0.05) is 18.2 Å². The van der Waals surface area contributed by atoms with Crippen LogP contribution in [0.3, 0.4) is 0 Å². The van der Waals surface area contributed by atoms with Crippen LogP contribution in [0.1, 0.15) is 16.7 Å². The minimum Gasteiger partial charge on any atom is -0.352 e. The lowest BCUT2D eigenvalue weighted by Gasteiger charge is -2.18. The number of fused-ring (bicyclic) bond motifs is 1. The number of aryl methyl sites for hydroxylation is 1. The Kier molecular flexibility index (Phi) is 1.61. The van der Waals surface area contributed by atoms with Crippen LogP contribution in [0.4, 0.5) is 0 Å². The number of nitrogens with one attached hydrogen (secondary N) is 1. The lowest BCUT2D eigenvalue weighted by atomic mass is 9.96. The average Bonchev–Trinajstić information content (AvgIpc) is 2.04. The lowest BCUT2D eigenvalue weighted by molar-refractivity contribution is -0.121. The molecule has 0 saturated heterocycles. The second-order valence-corrected chi connectivity index (χ2v) is 3.17. The van der Waals surface area contributed by atoms with Crippen LogP contribution in [-0.4, -0.2) is 5.91 Å². The molecule has 1 aromatic carbocycles. The van der Waals surface area contributed by atoms with Gasteiger partial charge in [0.2, 0.25) is 5.91 Å². The van der Waals surface area contributed by atoms with Crippen molar-refractivity contribution in [2.24, 2.45) is 0 Å². The van der Waals surface area contributed by atoms with Crippen LogP contribution in [0.5, 0.6) is 0 Å². The first kappa shape index (κ1) is 7.35. The van der Waals surface area contributed by atoms with Crippen LogP contribution in [-0.2, 0) is 17.8 Å². The maximum atomic E-state index is 11.0. The Hall–Kier alpha value is -1.31. The number of amides is 1. The first-order valence-corrected chi connectivity index (χ1v) is 4.11. The van der Waals surface area contributed by atoms with Crippen molar-refractivity contribution >= 4 is 5.91 Å². The zero-order chi connectivity index (χ0) is 8.55. The highest BCUT2D eigenvalue weighted by Gasteiger charge is 2.14. The van der Waals surface area contributed by atoms with Gasteiger partial charge in [-0.25, -0.2) is 0 Å². The van der Waals surface area contributed by atoms with Gasteiger partial charge in [0.1, 0.15) is 0 Å². The van der Waals surface area contributed by atoms with Crippen molar-refractivity contribution in [2.45, 2.75) is 19.9 Å². The van der Waals surface area contributed by atoms with Gasteiger partial charge in [0.05, 0.1) is 6.42 Å². The van der Waals surface area contributed by atoms with Gasteiger partial charge in [0.25, 0.3) is 0 Å². The summed E-state index contributed by atoms with van der Waals surface area (Å²) in [5.74, 6) is 0.133. The molecular formula is C10H11NO. The Balaban J connectivity index is 2.48. The van der Waals surface area contributed by atoms with Crippen molar-refractivity contribution in [3.63, 3.8) is 0 Å². The van der Waals surface area contributed by atoms with Crippen molar-refractivity contribution in [1.82, 2.24) is 5.32 Å². The summed E-state index contributed by atoms with van der Waals surface area (Å²) < 4.78 is 0. The molecule has 2 nitrogen and oxygen atoms in total. The molecule has 1 N–H and O–H groups in total. The van der Waals surface area contributed by atoms with E-state index < -0.39 is 0 Å². The van der Waals surface area contributed by atoms with Crippen molar-refractivity contribution in [3.05, 3.63) is 34.9 Å². The minimum atomic E-state index is 0.133. The number of hydrogen-bond acceptors (Lipinski definition) is 1. The topological polar surface area (TPSA) is 29.1 Å². The molecule has 12 heavy (non-hydrogen) atoms. The highest BCUT2D eigenvalue weighted by Crippen LogP contribution is 2.17. The van der Waals surface area contributed by atoms with Crippen molar-refractivity contribution in [2.75, 3.05) is 0 Å². The molecule has 0 unspecified atom stereocenters. The molecule has 0 saturated carbocycles. The molecule has 0 spiro atoms. The van der Waals surface area contributed by atoms with Gasteiger partial charge < -0.3 is 5.32 Å². The van der Waals surface area contributed by atoms with E-state index in [2.05, 4.69) is 18.3 Å². The smallest absolute Gasteiger partial charge is 0.224 e. The van der Waals surface area contributed by atoms with E-state index in [1.54, 1.807) is 0 Å². The van der Waals surface area contributed by atoms with E-state index in [-0.39, 0.29) is 5.91 Å². The standard InChI is InChI=1S/C10H11NO/c1-7-3-2-4-8-5-10(12)11-6-9(7)8/h2-4H,5-6H2,1H3,(H,11,12). The molecule has 0 fully saturated rings. The fraction of sp³-hybridized carbons (Fsp3) is 0.300. The van der Waals surface area contributed by atoms with Gasteiger partial charge in [0, 0.05) is 6.54 Å². The van der Waals surface area contributed by atoms with Crippen molar-refractivity contribution in [3.8, 4) is 0 Å². The van der Waals surface area contributed by atoms with Crippen LogP contribution in [0.15, 0.2) is 18.2 Å². The molecule has 62 valence electrons. The van der Waals surface area contributed by atoms with Crippen LogP contribution < -0.4 is 5.32 Å². The molecule has 0 aromatic heterocycles. The van der Waals surface area contributed by atoms with Gasteiger partial charge >= 0.3 is 0 Å². The zero-order valence-electron chi connectivity index (χ0n) is 7.05. The maximum Gasteiger partial charge on any atom is 0.224 e. The molecule has 1 aromatic rings. The molecule has 1 aliphatic heterocycles. The third-order valence-electron chi connectivity index (χ3n) is 2.32. The summed E-state index contributed by atoms with van der Waals surface area (Å²) in [5.41, 5.74) is 3.74. The number of rotatable bonds is 0. The van der Waals surface area contributed by atoms with Crippen LogP contribution in [0.2, 0.25) is 0 Å². The largest absolute Gasteiger partial charge is 0.352 e. The Morgan fingerprint density at radius 1 is 1.42 bits per heavy atom. The highest BCUT2D eigenvalue weighted by atomic mass is 16.1. The van der Waals surface area contributed by atoms with Crippen molar-refractivity contribution in [1.29, 1.82) is 0 Å². The highest BCUT2D eigenvalue weighted by molar-refractivity contribution is 5.80. The summed E-state index contributed by atoms with van der Waals surface area (Å²) >= 11 is 0. The summed E-state index contributed by atoms with van der Waals surface area (Å²) in [5, 5.41) is 2.84. The van der Waals surface area contributed by atoms with Gasteiger partial charge in [-0.15, -0.1) is 0 Å². The fourth-order valence-electron chi connectivity index (χ4n) is 1.60. The molecule has 2 rings (SSSR count). The van der Waals surface area contributed by atoms with Gasteiger partial charge in [-0.05, 0) is 23.6 Å². The van der Waals surface area contributed by atoms with Gasteiger partial charge in [-0.2, -0.15) is 0 Å².